The fourth-order valence-corrected chi connectivity index (χ4v) is 4.82. The molecule has 10 heteroatoms. The van der Waals surface area contributed by atoms with Crippen LogP contribution in [-0.4, -0.2) is 69.8 Å². The summed E-state index contributed by atoms with van der Waals surface area (Å²) in [5.74, 6) is 1.58. The highest BCUT2D eigenvalue weighted by atomic mass is 32.2. The van der Waals surface area contributed by atoms with Gasteiger partial charge < -0.3 is 19.3 Å². The van der Waals surface area contributed by atoms with Gasteiger partial charge in [-0.3, -0.25) is 4.68 Å². The third kappa shape index (κ3) is 4.23. The van der Waals surface area contributed by atoms with Gasteiger partial charge in [0.1, 0.15) is 11.4 Å². The van der Waals surface area contributed by atoms with Crippen molar-refractivity contribution in [3.8, 4) is 11.6 Å². The van der Waals surface area contributed by atoms with E-state index in [0.717, 1.165) is 59.2 Å². The number of aromatic nitrogens is 5. The molecule has 1 saturated heterocycles. The molecule has 4 heterocycles. The van der Waals surface area contributed by atoms with Crippen LogP contribution in [0.3, 0.4) is 0 Å². The quantitative estimate of drug-likeness (QED) is 0.436. The summed E-state index contributed by atoms with van der Waals surface area (Å²) >= 11 is 1.48. The fraction of sp³-hybridized carbons (Fsp3) is 0.348. The summed E-state index contributed by atoms with van der Waals surface area (Å²) < 4.78 is 12.7. The third-order valence-corrected chi connectivity index (χ3v) is 6.81. The van der Waals surface area contributed by atoms with E-state index in [9.17, 15) is 0 Å². The molecule has 172 valence electrons. The summed E-state index contributed by atoms with van der Waals surface area (Å²) in [6, 6.07) is 6.06. The van der Waals surface area contributed by atoms with Crippen molar-refractivity contribution in [1.82, 2.24) is 29.4 Å². The maximum absolute atomic E-state index is 5.57. The van der Waals surface area contributed by atoms with Gasteiger partial charge in [-0.1, -0.05) is 0 Å². The van der Waals surface area contributed by atoms with Crippen LogP contribution < -0.4 is 14.4 Å². The molecule has 0 bridgehead atoms. The first kappa shape index (κ1) is 21.6. The number of piperazine rings is 1. The summed E-state index contributed by atoms with van der Waals surface area (Å²) in [7, 11) is 5.77. The molecule has 0 radical (unpaired) electrons. The van der Waals surface area contributed by atoms with Gasteiger partial charge in [0.2, 0.25) is 0 Å². The first-order valence-corrected chi connectivity index (χ1v) is 11.7. The SMILES string of the molecule is COc1ccc2cnn(C)c2c1NSc1cnn(-c2cc(C)c(N3CCN(C)CC3)cn2)c1. The second-order valence-electron chi connectivity index (χ2n) is 8.29. The predicted octanol–water partition coefficient (Wildman–Crippen LogP) is 3.34. The van der Waals surface area contributed by atoms with E-state index in [1.807, 2.05) is 53.3 Å². The number of nitrogens with one attached hydrogen (secondary N) is 1. The van der Waals surface area contributed by atoms with E-state index in [1.54, 1.807) is 7.11 Å². The molecular formula is C23H28N8OS. The van der Waals surface area contributed by atoms with Gasteiger partial charge in [-0.25, -0.2) is 9.67 Å². The largest absolute Gasteiger partial charge is 0.494 e. The summed E-state index contributed by atoms with van der Waals surface area (Å²) in [6.45, 7) is 6.34. The minimum Gasteiger partial charge on any atom is -0.494 e. The van der Waals surface area contributed by atoms with Crippen molar-refractivity contribution >= 4 is 34.2 Å². The van der Waals surface area contributed by atoms with Gasteiger partial charge in [-0.15, -0.1) is 0 Å². The number of hydrogen-bond acceptors (Lipinski definition) is 8. The molecular weight excluding hydrogens is 436 g/mol. The molecule has 0 saturated carbocycles. The molecule has 1 aromatic carbocycles. The van der Waals surface area contributed by atoms with Gasteiger partial charge in [0.15, 0.2) is 5.82 Å². The molecule has 1 N–H and O–H groups in total. The molecule has 0 unspecified atom stereocenters. The molecule has 3 aromatic heterocycles. The Morgan fingerprint density at radius 2 is 1.85 bits per heavy atom. The molecule has 0 aliphatic carbocycles. The highest BCUT2D eigenvalue weighted by Crippen LogP contribution is 2.36. The summed E-state index contributed by atoms with van der Waals surface area (Å²) in [5.41, 5.74) is 4.29. The van der Waals surface area contributed by atoms with E-state index in [0.29, 0.717) is 0 Å². The Morgan fingerprint density at radius 3 is 2.61 bits per heavy atom. The fourth-order valence-electron chi connectivity index (χ4n) is 4.15. The summed E-state index contributed by atoms with van der Waals surface area (Å²) in [5, 5.41) is 9.95. The molecule has 9 nitrogen and oxygen atoms in total. The normalized spacial score (nSPS) is 14.7. The van der Waals surface area contributed by atoms with Crippen molar-refractivity contribution in [3.05, 3.63) is 48.5 Å². The number of nitrogens with zero attached hydrogens (tertiary/aromatic N) is 7. The highest BCUT2D eigenvalue weighted by Gasteiger charge is 2.17. The van der Waals surface area contributed by atoms with Crippen LogP contribution in [0.25, 0.3) is 16.7 Å². The smallest absolute Gasteiger partial charge is 0.153 e. The van der Waals surface area contributed by atoms with Gasteiger partial charge in [0.05, 0.1) is 41.8 Å². The minimum atomic E-state index is 0.766. The van der Waals surface area contributed by atoms with E-state index in [1.165, 1.54) is 23.2 Å². The van der Waals surface area contributed by atoms with E-state index in [2.05, 4.69) is 44.8 Å². The van der Waals surface area contributed by atoms with Crippen molar-refractivity contribution < 1.29 is 4.74 Å². The zero-order chi connectivity index (χ0) is 22.9. The summed E-state index contributed by atoms with van der Waals surface area (Å²) in [6.07, 6.45) is 7.63. The topological polar surface area (TPSA) is 76.3 Å². The lowest BCUT2D eigenvalue weighted by molar-refractivity contribution is 0.312. The number of hydrogen-bond donors (Lipinski definition) is 1. The molecule has 1 aliphatic heterocycles. The Kier molecular flexibility index (Phi) is 5.86. The van der Waals surface area contributed by atoms with Crippen LogP contribution in [0.1, 0.15) is 5.56 Å². The lowest BCUT2D eigenvalue weighted by Crippen LogP contribution is -2.44. The molecule has 1 aliphatic rings. The standard InChI is InChI=1S/C23H28N8OS/c1-16-11-21(24-14-19(16)30-9-7-28(2)8-10-30)31-15-18(13-26-31)33-27-22-20(32-4)6-5-17-12-25-29(3)23(17)22/h5-6,11-15,27H,7-10H2,1-4H3. The van der Waals surface area contributed by atoms with Crippen molar-refractivity contribution in [2.24, 2.45) is 7.05 Å². The number of likely N-dealkylation sites (N-methyl/N-ethyl adjacent to an activating group) is 1. The van der Waals surface area contributed by atoms with Crippen LogP contribution in [0, 0.1) is 6.92 Å². The van der Waals surface area contributed by atoms with E-state index in [-0.39, 0.29) is 0 Å². The first-order valence-electron chi connectivity index (χ1n) is 10.9. The Balaban J connectivity index is 1.33. The number of benzene rings is 1. The highest BCUT2D eigenvalue weighted by molar-refractivity contribution is 8.00. The number of aryl methyl sites for hydroxylation is 2. The zero-order valence-corrected chi connectivity index (χ0v) is 20.1. The predicted molar refractivity (Wildman–Crippen MR) is 133 cm³/mol. The Bertz CT molecular complexity index is 1270. The van der Waals surface area contributed by atoms with Crippen molar-refractivity contribution in [2.75, 3.05) is 50.0 Å². The van der Waals surface area contributed by atoms with Gasteiger partial charge in [-0.05, 0) is 49.7 Å². The lowest BCUT2D eigenvalue weighted by Gasteiger charge is -2.34. The van der Waals surface area contributed by atoms with Gasteiger partial charge in [-0.2, -0.15) is 10.2 Å². The van der Waals surface area contributed by atoms with E-state index >= 15 is 0 Å². The van der Waals surface area contributed by atoms with Crippen LogP contribution >= 0.6 is 11.9 Å². The van der Waals surface area contributed by atoms with Gasteiger partial charge in [0.25, 0.3) is 0 Å². The number of pyridine rings is 1. The van der Waals surface area contributed by atoms with Crippen LogP contribution in [0.5, 0.6) is 5.75 Å². The van der Waals surface area contributed by atoms with Crippen molar-refractivity contribution in [1.29, 1.82) is 0 Å². The van der Waals surface area contributed by atoms with Crippen LogP contribution in [0.4, 0.5) is 11.4 Å². The van der Waals surface area contributed by atoms with Crippen LogP contribution in [0.2, 0.25) is 0 Å². The monoisotopic (exact) mass is 464 g/mol. The number of ether oxygens (including phenoxy) is 1. The third-order valence-electron chi connectivity index (χ3n) is 6.06. The molecule has 5 rings (SSSR count). The Morgan fingerprint density at radius 1 is 1.03 bits per heavy atom. The molecule has 1 fully saturated rings. The van der Waals surface area contributed by atoms with Gasteiger partial charge in [0, 0.05) is 44.8 Å². The van der Waals surface area contributed by atoms with Crippen molar-refractivity contribution in [2.45, 2.75) is 11.8 Å². The second-order valence-corrected chi connectivity index (χ2v) is 9.17. The number of methoxy groups -OCH3 is 1. The van der Waals surface area contributed by atoms with Crippen LogP contribution in [-0.2, 0) is 7.05 Å². The van der Waals surface area contributed by atoms with Crippen LogP contribution in [0.15, 0.2) is 47.9 Å². The van der Waals surface area contributed by atoms with Crippen molar-refractivity contribution in [3.63, 3.8) is 0 Å². The number of rotatable bonds is 6. The van der Waals surface area contributed by atoms with E-state index < -0.39 is 0 Å². The second kappa shape index (κ2) is 8.95. The molecule has 0 amide bonds. The Hall–Kier alpha value is -3.24. The average molecular weight is 465 g/mol. The molecule has 33 heavy (non-hydrogen) atoms. The lowest BCUT2D eigenvalue weighted by atomic mass is 10.2. The van der Waals surface area contributed by atoms with Gasteiger partial charge >= 0.3 is 0 Å². The average Bonchev–Trinajstić information content (AvgIpc) is 3.45. The number of anilines is 2. The Labute approximate surface area is 197 Å². The summed E-state index contributed by atoms with van der Waals surface area (Å²) in [4.78, 5) is 10.4. The number of fused-ring (bicyclic) bond motifs is 1. The molecule has 4 aromatic rings. The molecule has 0 spiro atoms. The maximum Gasteiger partial charge on any atom is 0.153 e. The molecule has 0 atom stereocenters. The zero-order valence-electron chi connectivity index (χ0n) is 19.3. The minimum absolute atomic E-state index is 0.766. The van der Waals surface area contributed by atoms with E-state index in [4.69, 9.17) is 9.72 Å². The maximum atomic E-state index is 5.57. The first-order chi connectivity index (χ1) is 16.0.